The number of imidazole rings is 1. The fourth-order valence-electron chi connectivity index (χ4n) is 2.45. The van der Waals surface area contributed by atoms with E-state index in [0.29, 0.717) is 11.6 Å². The fourth-order valence-corrected chi connectivity index (χ4v) is 2.45. The molecule has 0 bridgehead atoms. The topological polar surface area (TPSA) is 64.3 Å². The normalized spacial score (nSPS) is 10.5. The zero-order valence-corrected chi connectivity index (χ0v) is 12.9. The number of ether oxygens (including phenoxy) is 1. The molecule has 5 heteroatoms. The summed E-state index contributed by atoms with van der Waals surface area (Å²) in [6, 6.07) is 15.2. The van der Waals surface area contributed by atoms with Gasteiger partial charge in [-0.2, -0.15) is 0 Å². The van der Waals surface area contributed by atoms with E-state index in [1.807, 2.05) is 55.5 Å². The van der Waals surface area contributed by atoms with Crippen molar-refractivity contribution in [2.75, 3.05) is 7.11 Å². The smallest absolute Gasteiger partial charge is 0.356 e. The second kappa shape index (κ2) is 5.96. The van der Waals surface area contributed by atoms with Gasteiger partial charge in [0.2, 0.25) is 0 Å². The van der Waals surface area contributed by atoms with Crippen LogP contribution < -0.4 is 4.74 Å². The molecule has 0 spiro atoms. The third-order valence-corrected chi connectivity index (χ3v) is 3.55. The summed E-state index contributed by atoms with van der Waals surface area (Å²) in [5.41, 5.74) is 2.63. The first-order valence-corrected chi connectivity index (χ1v) is 7.13. The molecule has 1 heterocycles. The highest BCUT2D eigenvalue weighted by Crippen LogP contribution is 2.29. The second-order valence-corrected chi connectivity index (χ2v) is 5.17. The summed E-state index contributed by atoms with van der Waals surface area (Å²) in [5, 5.41) is 9.29. The molecule has 2 aromatic carbocycles. The van der Waals surface area contributed by atoms with Crippen molar-refractivity contribution >= 4 is 5.97 Å². The van der Waals surface area contributed by atoms with Crippen LogP contribution in [0.2, 0.25) is 0 Å². The summed E-state index contributed by atoms with van der Waals surface area (Å²) < 4.78 is 7.17. The molecule has 116 valence electrons. The highest BCUT2D eigenvalue weighted by Gasteiger charge is 2.18. The van der Waals surface area contributed by atoms with Gasteiger partial charge in [-0.25, -0.2) is 9.78 Å². The number of carboxylic acids is 1. The quantitative estimate of drug-likeness (QED) is 0.800. The Bertz CT molecular complexity index is 854. The number of methoxy groups -OCH3 is 1. The van der Waals surface area contributed by atoms with Crippen LogP contribution in [0.3, 0.4) is 0 Å². The lowest BCUT2D eigenvalue weighted by atomic mass is 10.2. The summed E-state index contributed by atoms with van der Waals surface area (Å²) in [4.78, 5) is 15.6. The molecule has 3 rings (SSSR count). The number of aromatic carboxylic acids is 1. The Kier molecular flexibility index (Phi) is 3.85. The SMILES string of the molecule is COc1ccc(C)cc1-n1cc(C(=O)O)nc1-c1ccccc1. The number of hydrogen-bond acceptors (Lipinski definition) is 3. The molecule has 0 radical (unpaired) electrons. The summed E-state index contributed by atoms with van der Waals surface area (Å²) in [7, 11) is 1.59. The first kappa shape index (κ1) is 14.8. The molecule has 0 aliphatic carbocycles. The largest absolute Gasteiger partial charge is 0.495 e. The fraction of sp³-hybridized carbons (Fsp3) is 0.111. The molecule has 0 aliphatic rings. The Balaban J connectivity index is 2.27. The van der Waals surface area contributed by atoms with Gasteiger partial charge in [0.1, 0.15) is 11.6 Å². The summed E-state index contributed by atoms with van der Waals surface area (Å²) in [5.74, 6) is 0.154. The summed E-state index contributed by atoms with van der Waals surface area (Å²) in [6.45, 7) is 1.97. The molecule has 1 N–H and O–H groups in total. The van der Waals surface area contributed by atoms with Gasteiger partial charge in [0, 0.05) is 11.8 Å². The minimum absolute atomic E-state index is 0.00703. The van der Waals surface area contributed by atoms with Crippen molar-refractivity contribution in [3.8, 4) is 22.8 Å². The van der Waals surface area contributed by atoms with Gasteiger partial charge in [-0.1, -0.05) is 36.4 Å². The molecule has 1 aromatic heterocycles. The van der Waals surface area contributed by atoms with Crippen molar-refractivity contribution in [3.05, 3.63) is 66.0 Å². The van der Waals surface area contributed by atoms with Gasteiger partial charge < -0.3 is 9.84 Å². The number of aromatic nitrogens is 2. The van der Waals surface area contributed by atoms with Gasteiger partial charge in [-0.15, -0.1) is 0 Å². The number of nitrogens with zero attached hydrogens (tertiary/aromatic N) is 2. The van der Waals surface area contributed by atoms with Crippen LogP contribution >= 0.6 is 0 Å². The van der Waals surface area contributed by atoms with Gasteiger partial charge in [-0.3, -0.25) is 4.57 Å². The number of rotatable bonds is 4. The van der Waals surface area contributed by atoms with E-state index in [9.17, 15) is 9.90 Å². The van der Waals surface area contributed by atoms with Crippen molar-refractivity contribution < 1.29 is 14.6 Å². The molecule has 3 aromatic rings. The van der Waals surface area contributed by atoms with Crippen molar-refractivity contribution in [1.82, 2.24) is 9.55 Å². The van der Waals surface area contributed by atoms with Gasteiger partial charge in [0.25, 0.3) is 0 Å². The van der Waals surface area contributed by atoms with E-state index in [4.69, 9.17) is 4.74 Å². The molecule has 0 aliphatic heterocycles. The van der Waals surface area contributed by atoms with E-state index in [2.05, 4.69) is 4.98 Å². The molecular formula is C18H16N2O3. The molecule has 5 nitrogen and oxygen atoms in total. The van der Waals surface area contributed by atoms with E-state index in [1.54, 1.807) is 11.7 Å². The Morgan fingerprint density at radius 1 is 1.17 bits per heavy atom. The standard InChI is InChI=1S/C18H16N2O3/c1-12-8-9-16(23-2)15(10-12)20-11-14(18(21)22)19-17(20)13-6-4-3-5-7-13/h3-11H,1-2H3,(H,21,22). The number of carbonyl (C=O) groups is 1. The first-order chi connectivity index (χ1) is 11.1. The highest BCUT2D eigenvalue weighted by molar-refractivity contribution is 5.86. The lowest BCUT2D eigenvalue weighted by Gasteiger charge is -2.13. The van der Waals surface area contributed by atoms with E-state index < -0.39 is 5.97 Å². The van der Waals surface area contributed by atoms with Crippen molar-refractivity contribution in [1.29, 1.82) is 0 Å². The van der Waals surface area contributed by atoms with E-state index in [1.165, 1.54) is 6.20 Å². The van der Waals surface area contributed by atoms with Gasteiger partial charge in [0.05, 0.1) is 12.8 Å². The molecule has 0 atom stereocenters. The molecule has 0 amide bonds. The van der Waals surface area contributed by atoms with E-state index in [-0.39, 0.29) is 5.69 Å². The third kappa shape index (κ3) is 2.81. The van der Waals surface area contributed by atoms with E-state index in [0.717, 1.165) is 16.8 Å². The van der Waals surface area contributed by atoms with E-state index >= 15 is 0 Å². The maximum atomic E-state index is 11.3. The highest BCUT2D eigenvalue weighted by atomic mass is 16.5. The van der Waals surface area contributed by atoms with Crippen LogP contribution in [0.5, 0.6) is 5.75 Å². The van der Waals surface area contributed by atoms with Crippen LogP contribution in [0.25, 0.3) is 17.1 Å². The molecule has 0 saturated heterocycles. The summed E-state index contributed by atoms with van der Waals surface area (Å²) in [6.07, 6.45) is 1.52. The minimum atomic E-state index is -1.06. The van der Waals surface area contributed by atoms with Gasteiger partial charge in [0.15, 0.2) is 5.69 Å². The van der Waals surface area contributed by atoms with Crippen LogP contribution in [-0.2, 0) is 0 Å². The minimum Gasteiger partial charge on any atom is -0.495 e. The lowest BCUT2D eigenvalue weighted by Crippen LogP contribution is -2.00. The zero-order valence-electron chi connectivity index (χ0n) is 12.9. The summed E-state index contributed by atoms with van der Waals surface area (Å²) >= 11 is 0. The van der Waals surface area contributed by atoms with Crippen LogP contribution in [0, 0.1) is 6.92 Å². The average molecular weight is 308 g/mol. The maximum absolute atomic E-state index is 11.3. The predicted octanol–water partition coefficient (Wildman–Crippen LogP) is 3.55. The second-order valence-electron chi connectivity index (χ2n) is 5.17. The van der Waals surface area contributed by atoms with Gasteiger partial charge >= 0.3 is 5.97 Å². The Labute approximate surface area is 133 Å². The van der Waals surface area contributed by atoms with Crippen LogP contribution in [-0.4, -0.2) is 27.7 Å². The average Bonchev–Trinajstić information content (AvgIpc) is 3.01. The van der Waals surface area contributed by atoms with Crippen molar-refractivity contribution in [3.63, 3.8) is 0 Å². The molecule has 0 saturated carbocycles. The number of hydrogen-bond donors (Lipinski definition) is 1. The first-order valence-electron chi connectivity index (χ1n) is 7.13. The van der Waals surface area contributed by atoms with Crippen LogP contribution in [0.15, 0.2) is 54.7 Å². The van der Waals surface area contributed by atoms with Crippen LogP contribution in [0.1, 0.15) is 16.1 Å². The Hall–Kier alpha value is -3.08. The number of aryl methyl sites for hydroxylation is 1. The Morgan fingerprint density at radius 2 is 1.91 bits per heavy atom. The zero-order chi connectivity index (χ0) is 16.4. The molecular weight excluding hydrogens is 292 g/mol. The monoisotopic (exact) mass is 308 g/mol. The molecule has 23 heavy (non-hydrogen) atoms. The van der Waals surface area contributed by atoms with Crippen LogP contribution in [0.4, 0.5) is 0 Å². The van der Waals surface area contributed by atoms with Gasteiger partial charge in [-0.05, 0) is 24.6 Å². The van der Waals surface area contributed by atoms with Crippen molar-refractivity contribution in [2.24, 2.45) is 0 Å². The number of benzene rings is 2. The predicted molar refractivity (Wildman–Crippen MR) is 87.2 cm³/mol. The lowest BCUT2D eigenvalue weighted by molar-refractivity contribution is 0.0691. The maximum Gasteiger partial charge on any atom is 0.356 e. The van der Waals surface area contributed by atoms with Crippen molar-refractivity contribution in [2.45, 2.75) is 6.92 Å². The Morgan fingerprint density at radius 3 is 2.57 bits per heavy atom. The third-order valence-electron chi connectivity index (χ3n) is 3.55. The number of carboxylic acid groups (broad SMARTS) is 1. The molecule has 0 unspecified atom stereocenters. The molecule has 0 fully saturated rings.